The van der Waals surface area contributed by atoms with E-state index in [0.717, 1.165) is 19.4 Å². The highest BCUT2D eigenvalue weighted by atomic mass is 16.3. The fourth-order valence-corrected chi connectivity index (χ4v) is 2.68. The summed E-state index contributed by atoms with van der Waals surface area (Å²) >= 11 is 0. The number of aliphatic hydroxyl groups excluding tert-OH is 1. The lowest BCUT2D eigenvalue weighted by Gasteiger charge is -2.30. The van der Waals surface area contributed by atoms with Crippen LogP contribution in [0.3, 0.4) is 0 Å². The maximum atomic E-state index is 9.04. The lowest BCUT2D eigenvalue weighted by molar-refractivity contribution is 0.201. The summed E-state index contributed by atoms with van der Waals surface area (Å²) in [7, 11) is 0. The summed E-state index contributed by atoms with van der Waals surface area (Å²) in [6, 6.07) is 9.37. The van der Waals surface area contributed by atoms with Crippen LogP contribution < -0.4 is 5.32 Å². The Kier molecular flexibility index (Phi) is 4.41. The van der Waals surface area contributed by atoms with Crippen LogP contribution in [0.15, 0.2) is 24.3 Å². The Labute approximate surface area is 110 Å². The first-order chi connectivity index (χ1) is 8.61. The van der Waals surface area contributed by atoms with E-state index in [1.54, 1.807) is 0 Å². The lowest BCUT2D eigenvalue weighted by atomic mass is 9.86. The minimum atomic E-state index is 0.186. The first-order valence-corrected chi connectivity index (χ1v) is 7.02. The molecule has 0 bridgehead atoms. The second-order valence-electron chi connectivity index (χ2n) is 6.23. The Hall–Kier alpha value is -0.860. The quantitative estimate of drug-likeness (QED) is 0.838. The predicted molar refractivity (Wildman–Crippen MR) is 75.7 cm³/mol. The number of nitrogens with one attached hydrogen (secondary N) is 1. The Morgan fingerprint density at radius 3 is 2.72 bits per heavy atom. The molecule has 1 aliphatic rings. The van der Waals surface area contributed by atoms with Gasteiger partial charge in [-0.1, -0.05) is 38.1 Å². The van der Waals surface area contributed by atoms with Crippen molar-refractivity contribution in [1.29, 1.82) is 0 Å². The number of hydrogen-bond donors (Lipinski definition) is 2. The minimum Gasteiger partial charge on any atom is -0.396 e. The zero-order valence-electron chi connectivity index (χ0n) is 11.6. The number of rotatable bonds is 5. The molecule has 2 heteroatoms. The zero-order valence-corrected chi connectivity index (χ0v) is 11.6. The summed E-state index contributed by atoms with van der Waals surface area (Å²) in [5.74, 6) is 0. The molecule has 0 amide bonds. The van der Waals surface area contributed by atoms with Crippen molar-refractivity contribution >= 4 is 0 Å². The van der Waals surface area contributed by atoms with Crippen molar-refractivity contribution in [3.8, 4) is 0 Å². The Morgan fingerprint density at radius 1 is 1.28 bits per heavy atom. The van der Waals surface area contributed by atoms with E-state index in [-0.39, 0.29) is 12.0 Å². The van der Waals surface area contributed by atoms with E-state index in [0.29, 0.717) is 6.04 Å². The molecule has 0 radical (unpaired) electrons. The summed E-state index contributed by atoms with van der Waals surface area (Å²) in [4.78, 5) is 0. The molecule has 2 nitrogen and oxygen atoms in total. The van der Waals surface area contributed by atoms with Crippen LogP contribution in [-0.2, 0) is 12.8 Å². The number of aryl methyl sites for hydroxylation is 1. The van der Waals surface area contributed by atoms with Crippen molar-refractivity contribution in [2.24, 2.45) is 5.41 Å². The maximum absolute atomic E-state index is 9.04. The van der Waals surface area contributed by atoms with Gasteiger partial charge >= 0.3 is 0 Å². The fraction of sp³-hybridized carbons (Fsp3) is 0.625. The molecular weight excluding hydrogens is 222 g/mol. The molecule has 1 aromatic carbocycles. The van der Waals surface area contributed by atoms with Gasteiger partial charge in [0.25, 0.3) is 0 Å². The molecule has 18 heavy (non-hydrogen) atoms. The molecule has 0 spiro atoms. The molecule has 0 fully saturated rings. The van der Waals surface area contributed by atoms with Gasteiger partial charge in [0.05, 0.1) is 0 Å². The van der Waals surface area contributed by atoms with Crippen molar-refractivity contribution in [3.63, 3.8) is 0 Å². The number of fused-ring (bicyclic) bond motifs is 1. The molecule has 0 aromatic heterocycles. The SMILES string of the molecule is CC(C)(CCO)CNC1CCc2ccccc2C1. The molecule has 1 atom stereocenters. The third kappa shape index (κ3) is 3.56. The molecule has 100 valence electrons. The monoisotopic (exact) mass is 247 g/mol. The van der Waals surface area contributed by atoms with Gasteiger partial charge in [-0.25, -0.2) is 0 Å². The Balaban J connectivity index is 1.87. The van der Waals surface area contributed by atoms with Gasteiger partial charge in [-0.05, 0) is 42.2 Å². The van der Waals surface area contributed by atoms with E-state index in [1.165, 1.54) is 24.0 Å². The molecule has 0 heterocycles. The van der Waals surface area contributed by atoms with Gasteiger partial charge in [0.15, 0.2) is 0 Å². The highest BCUT2D eigenvalue weighted by Gasteiger charge is 2.22. The van der Waals surface area contributed by atoms with E-state index in [9.17, 15) is 0 Å². The van der Waals surface area contributed by atoms with Gasteiger partial charge in [0.2, 0.25) is 0 Å². The highest BCUT2D eigenvalue weighted by Crippen LogP contribution is 2.23. The van der Waals surface area contributed by atoms with Crippen LogP contribution in [0.2, 0.25) is 0 Å². The molecule has 1 aliphatic carbocycles. The van der Waals surface area contributed by atoms with Crippen LogP contribution >= 0.6 is 0 Å². The van der Waals surface area contributed by atoms with E-state index < -0.39 is 0 Å². The number of hydrogen-bond acceptors (Lipinski definition) is 2. The van der Waals surface area contributed by atoms with Crippen LogP contribution in [0.5, 0.6) is 0 Å². The van der Waals surface area contributed by atoms with Crippen molar-refractivity contribution in [2.45, 2.75) is 45.6 Å². The summed E-state index contributed by atoms with van der Waals surface area (Å²) in [5.41, 5.74) is 3.21. The first-order valence-electron chi connectivity index (χ1n) is 7.02. The topological polar surface area (TPSA) is 32.3 Å². The summed E-state index contributed by atoms with van der Waals surface area (Å²) in [5, 5.41) is 12.7. The van der Waals surface area contributed by atoms with Crippen molar-refractivity contribution in [1.82, 2.24) is 5.32 Å². The first kappa shape index (κ1) is 13.6. The molecule has 2 rings (SSSR count). The molecular formula is C16H25NO. The Bertz CT molecular complexity index is 386. The normalized spacial score (nSPS) is 19.6. The average Bonchev–Trinajstić information content (AvgIpc) is 2.36. The second-order valence-corrected chi connectivity index (χ2v) is 6.23. The minimum absolute atomic E-state index is 0.186. The van der Waals surface area contributed by atoms with Crippen LogP contribution in [-0.4, -0.2) is 24.3 Å². The van der Waals surface area contributed by atoms with Crippen LogP contribution in [0.1, 0.15) is 37.8 Å². The average molecular weight is 247 g/mol. The van der Waals surface area contributed by atoms with Crippen LogP contribution in [0.4, 0.5) is 0 Å². The van der Waals surface area contributed by atoms with Gasteiger partial charge in [-0.2, -0.15) is 0 Å². The summed E-state index contributed by atoms with van der Waals surface area (Å²) in [6.45, 7) is 5.70. The standard InChI is InChI=1S/C16H25NO/c1-16(2,9-10-18)12-17-15-8-7-13-5-3-4-6-14(13)11-15/h3-6,15,17-18H,7-12H2,1-2H3. The van der Waals surface area contributed by atoms with Crippen LogP contribution in [0.25, 0.3) is 0 Å². The highest BCUT2D eigenvalue weighted by molar-refractivity contribution is 5.30. The van der Waals surface area contributed by atoms with Gasteiger partial charge in [-0.3, -0.25) is 0 Å². The van der Waals surface area contributed by atoms with Gasteiger partial charge in [0.1, 0.15) is 0 Å². The fourth-order valence-electron chi connectivity index (χ4n) is 2.68. The number of benzene rings is 1. The molecule has 0 saturated heterocycles. The molecule has 1 unspecified atom stereocenters. The van der Waals surface area contributed by atoms with Crippen molar-refractivity contribution in [3.05, 3.63) is 35.4 Å². The Morgan fingerprint density at radius 2 is 2.00 bits per heavy atom. The third-order valence-electron chi connectivity index (χ3n) is 4.00. The van der Waals surface area contributed by atoms with Crippen molar-refractivity contribution < 1.29 is 5.11 Å². The lowest BCUT2D eigenvalue weighted by Crippen LogP contribution is -2.40. The molecule has 1 aromatic rings. The maximum Gasteiger partial charge on any atom is 0.0436 e. The van der Waals surface area contributed by atoms with Gasteiger partial charge in [0, 0.05) is 19.2 Å². The van der Waals surface area contributed by atoms with Crippen LogP contribution in [0, 0.1) is 5.41 Å². The predicted octanol–water partition coefficient (Wildman–Crippen LogP) is 2.54. The van der Waals surface area contributed by atoms with E-state index in [2.05, 4.69) is 43.4 Å². The summed E-state index contributed by atoms with van der Waals surface area (Å²) in [6.07, 6.45) is 4.43. The van der Waals surface area contributed by atoms with Gasteiger partial charge < -0.3 is 10.4 Å². The van der Waals surface area contributed by atoms with Crippen molar-refractivity contribution in [2.75, 3.05) is 13.2 Å². The van der Waals surface area contributed by atoms with E-state index in [1.807, 2.05) is 0 Å². The second kappa shape index (κ2) is 5.85. The third-order valence-corrected chi connectivity index (χ3v) is 4.00. The molecule has 0 aliphatic heterocycles. The van der Waals surface area contributed by atoms with Gasteiger partial charge in [-0.15, -0.1) is 0 Å². The largest absolute Gasteiger partial charge is 0.396 e. The summed E-state index contributed by atoms with van der Waals surface area (Å²) < 4.78 is 0. The zero-order chi connectivity index (χ0) is 13.0. The number of aliphatic hydroxyl groups is 1. The molecule has 2 N–H and O–H groups in total. The smallest absolute Gasteiger partial charge is 0.0436 e. The van der Waals surface area contributed by atoms with E-state index >= 15 is 0 Å². The van der Waals surface area contributed by atoms with E-state index in [4.69, 9.17) is 5.11 Å². The molecule has 0 saturated carbocycles.